The first kappa shape index (κ1) is 20.7. The summed E-state index contributed by atoms with van der Waals surface area (Å²) in [5.41, 5.74) is 7.71. The predicted octanol–water partition coefficient (Wildman–Crippen LogP) is 3.44. The molecule has 0 aliphatic carbocycles. The van der Waals surface area contributed by atoms with Gasteiger partial charge >= 0.3 is 0 Å². The van der Waals surface area contributed by atoms with Gasteiger partial charge in [0.15, 0.2) is 11.5 Å². The first-order valence-corrected chi connectivity index (χ1v) is 9.48. The lowest BCUT2D eigenvalue weighted by Gasteiger charge is -2.27. The number of nitrogens with two attached hydrogens (primary N) is 1. The van der Waals surface area contributed by atoms with Gasteiger partial charge in [-0.15, -0.1) is 0 Å². The number of fused-ring (bicyclic) bond motifs is 1. The molecule has 0 fully saturated rings. The summed E-state index contributed by atoms with van der Waals surface area (Å²) in [6, 6.07) is 9.69. The number of methoxy groups -OCH3 is 2. The van der Waals surface area contributed by atoms with Gasteiger partial charge in [0, 0.05) is 19.4 Å². The van der Waals surface area contributed by atoms with E-state index in [4.69, 9.17) is 19.9 Å². The lowest BCUT2D eigenvalue weighted by molar-refractivity contribution is 0.0544. The first-order chi connectivity index (χ1) is 13.9. The largest absolute Gasteiger partial charge is 0.493 e. The van der Waals surface area contributed by atoms with Crippen LogP contribution in [0.3, 0.4) is 0 Å². The summed E-state index contributed by atoms with van der Waals surface area (Å²) >= 11 is 0. The van der Waals surface area contributed by atoms with Crippen LogP contribution in [-0.2, 0) is 4.74 Å². The number of rotatable bonds is 8. The first-order valence-electron chi connectivity index (χ1n) is 9.48. The summed E-state index contributed by atoms with van der Waals surface area (Å²) in [6.07, 6.45) is 0.393. The Morgan fingerprint density at radius 1 is 0.966 bits per heavy atom. The minimum absolute atomic E-state index is 0.0566. The van der Waals surface area contributed by atoms with Gasteiger partial charge in [-0.05, 0) is 56.2 Å². The Morgan fingerprint density at radius 2 is 1.69 bits per heavy atom. The number of imide groups is 1. The average molecular weight is 398 g/mol. The normalized spacial score (nSPS) is 14.3. The van der Waals surface area contributed by atoms with Crippen molar-refractivity contribution >= 4 is 17.5 Å². The van der Waals surface area contributed by atoms with E-state index in [1.165, 1.54) is 4.90 Å². The second-order valence-corrected chi connectivity index (χ2v) is 7.16. The molecule has 0 saturated heterocycles. The fourth-order valence-electron chi connectivity index (χ4n) is 3.48. The molecular formula is C22H26N2O5. The molecule has 1 heterocycles. The van der Waals surface area contributed by atoms with Gasteiger partial charge in [-0.3, -0.25) is 14.5 Å². The van der Waals surface area contributed by atoms with Gasteiger partial charge in [-0.1, -0.05) is 6.07 Å². The highest BCUT2D eigenvalue weighted by atomic mass is 16.5. The van der Waals surface area contributed by atoms with E-state index < -0.39 is 6.04 Å². The molecule has 7 heteroatoms. The minimum atomic E-state index is -0.510. The zero-order valence-electron chi connectivity index (χ0n) is 17.1. The van der Waals surface area contributed by atoms with E-state index in [-0.39, 0.29) is 17.9 Å². The minimum Gasteiger partial charge on any atom is -0.493 e. The Labute approximate surface area is 170 Å². The van der Waals surface area contributed by atoms with Gasteiger partial charge in [-0.2, -0.15) is 0 Å². The molecule has 0 saturated carbocycles. The van der Waals surface area contributed by atoms with E-state index in [1.807, 2.05) is 26.0 Å². The quantitative estimate of drug-likeness (QED) is 0.541. The zero-order valence-corrected chi connectivity index (χ0v) is 17.1. The molecule has 0 bridgehead atoms. The molecule has 1 atom stereocenters. The van der Waals surface area contributed by atoms with Crippen LogP contribution in [0.15, 0.2) is 36.4 Å². The number of benzene rings is 2. The molecule has 2 aromatic carbocycles. The Hall–Kier alpha value is -3.06. The van der Waals surface area contributed by atoms with Crippen molar-refractivity contribution in [3.63, 3.8) is 0 Å². The second kappa shape index (κ2) is 8.53. The number of carbonyl (C=O) groups excluding carboxylic acids is 2. The van der Waals surface area contributed by atoms with Crippen molar-refractivity contribution in [2.24, 2.45) is 0 Å². The highest BCUT2D eigenvalue weighted by molar-refractivity contribution is 6.22. The summed E-state index contributed by atoms with van der Waals surface area (Å²) < 4.78 is 16.5. The topological polar surface area (TPSA) is 91.1 Å². The fraction of sp³-hybridized carbons (Fsp3) is 0.364. The highest BCUT2D eigenvalue weighted by Gasteiger charge is 2.40. The number of nitrogens with zero attached hydrogens (tertiary/aromatic N) is 1. The van der Waals surface area contributed by atoms with Gasteiger partial charge in [0.2, 0.25) is 0 Å². The standard InChI is InChI=1S/C22H26N2O5/c1-13(2)29-20-11-14(5-8-19(20)28-4)18(9-10-27-3)24-21(25)16-7-6-15(23)12-17(16)22(24)26/h5-8,11-13,18H,9-10,23H2,1-4H3. The van der Waals surface area contributed by atoms with Crippen LogP contribution in [0.4, 0.5) is 5.69 Å². The van der Waals surface area contributed by atoms with Crippen molar-refractivity contribution in [3.05, 3.63) is 53.1 Å². The van der Waals surface area contributed by atoms with Crippen LogP contribution in [0.25, 0.3) is 0 Å². The monoisotopic (exact) mass is 398 g/mol. The molecule has 154 valence electrons. The van der Waals surface area contributed by atoms with Crippen LogP contribution in [-0.4, -0.2) is 43.6 Å². The van der Waals surface area contributed by atoms with Gasteiger partial charge in [0.1, 0.15) is 0 Å². The molecule has 0 aromatic heterocycles. The number of anilines is 1. The number of nitrogen functional groups attached to an aromatic ring is 1. The molecule has 3 rings (SSSR count). The van der Waals surface area contributed by atoms with Gasteiger partial charge in [0.05, 0.1) is 30.4 Å². The third-order valence-corrected chi connectivity index (χ3v) is 4.78. The molecule has 2 aromatic rings. The van der Waals surface area contributed by atoms with E-state index in [0.29, 0.717) is 41.3 Å². The van der Waals surface area contributed by atoms with Crippen molar-refractivity contribution < 1.29 is 23.8 Å². The van der Waals surface area contributed by atoms with Crippen molar-refractivity contribution in [3.8, 4) is 11.5 Å². The molecular weight excluding hydrogens is 372 g/mol. The van der Waals surface area contributed by atoms with Crippen LogP contribution in [0.2, 0.25) is 0 Å². The van der Waals surface area contributed by atoms with Gasteiger partial charge in [-0.25, -0.2) is 0 Å². The Kier molecular flexibility index (Phi) is 6.08. The van der Waals surface area contributed by atoms with Gasteiger partial charge in [0.25, 0.3) is 11.8 Å². The summed E-state index contributed by atoms with van der Waals surface area (Å²) in [4.78, 5) is 27.4. The Balaban J connectivity index is 2.03. The number of hydrogen-bond acceptors (Lipinski definition) is 6. The zero-order chi connectivity index (χ0) is 21.1. The summed E-state index contributed by atoms with van der Waals surface area (Å²) in [6.45, 7) is 4.22. The molecule has 0 radical (unpaired) electrons. The Bertz CT molecular complexity index is 925. The summed E-state index contributed by atoms with van der Waals surface area (Å²) in [5.74, 6) is 0.445. The van der Waals surface area contributed by atoms with Crippen molar-refractivity contribution in [2.45, 2.75) is 32.4 Å². The molecule has 2 amide bonds. The lowest BCUT2D eigenvalue weighted by atomic mass is 10.0. The molecule has 0 spiro atoms. The summed E-state index contributed by atoms with van der Waals surface area (Å²) in [5, 5.41) is 0. The fourth-order valence-corrected chi connectivity index (χ4v) is 3.48. The third-order valence-electron chi connectivity index (χ3n) is 4.78. The lowest BCUT2D eigenvalue weighted by Crippen LogP contribution is -2.34. The van der Waals surface area contributed by atoms with Crippen LogP contribution in [0.5, 0.6) is 11.5 Å². The number of hydrogen-bond donors (Lipinski definition) is 1. The predicted molar refractivity (Wildman–Crippen MR) is 109 cm³/mol. The third kappa shape index (κ3) is 4.05. The van der Waals surface area contributed by atoms with Crippen molar-refractivity contribution in [2.75, 3.05) is 26.6 Å². The molecule has 29 heavy (non-hydrogen) atoms. The second-order valence-electron chi connectivity index (χ2n) is 7.16. The number of ether oxygens (including phenoxy) is 3. The maximum absolute atomic E-state index is 13.1. The van der Waals surface area contributed by atoms with Gasteiger partial charge < -0.3 is 19.9 Å². The molecule has 7 nitrogen and oxygen atoms in total. The maximum Gasteiger partial charge on any atom is 0.262 e. The number of amides is 2. The van der Waals surface area contributed by atoms with Crippen LogP contribution < -0.4 is 15.2 Å². The van der Waals surface area contributed by atoms with Crippen LogP contribution in [0, 0.1) is 0 Å². The van der Waals surface area contributed by atoms with Crippen molar-refractivity contribution in [1.82, 2.24) is 4.90 Å². The van der Waals surface area contributed by atoms with E-state index >= 15 is 0 Å². The van der Waals surface area contributed by atoms with Crippen molar-refractivity contribution in [1.29, 1.82) is 0 Å². The SMILES string of the molecule is COCCC(c1ccc(OC)c(OC(C)C)c1)N1C(=O)c2ccc(N)cc2C1=O. The van der Waals surface area contributed by atoms with Crippen LogP contribution in [0.1, 0.15) is 52.6 Å². The highest BCUT2D eigenvalue weighted by Crippen LogP contribution is 2.38. The van der Waals surface area contributed by atoms with Crippen LogP contribution >= 0.6 is 0 Å². The average Bonchev–Trinajstić information content (AvgIpc) is 2.92. The molecule has 1 unspecified atom stereocenters. The molecule has 1 aliphatic heterocycles. The molecule has 2 N–H and O–H groups in total. The smallest absolute Gasteiger partial charge is 0.262 e. The van der Waals surface area contributed by atoms with E-state index in [0.717, 1.165) is 5.56 Å². The van der Waals surface area contributed by atoms with E-state index in [2.05, 4.69) is 0 Å². The summed E-state index contributed by atoms with van der Waals surface area (Å²) in [7, 11) is 3.15. The molecule has 1 aliphatic rings. The number of carbonyl (C=O) groups is 2. The maximum atomic E-state index is 13.1. The Morgan fingerprint density at radius 3 is 2.34 bits per heavy atom. The van der Waals surface area contributed by atoms with E-state index in [1.54, 1.807) is 38.5 Å². The van der Waals surface area contributed by atoms with E-state index in [9.17, 15) is 9.59 Å².